The maximum atomic E-state index is 6.44. The lowest BCUT2D eigenvalue weighted by Crippen LogP contribution is -2.54. The van der Waals surface area contributed by atoms with Crippen LogP contribution in [0.15, 0.2) is 24.3 Å². The van der Waals surface area contributed by atoms with Gasteiger partial charge in [-0.2, -0.15) is 0 Å². The van der Waals surface area contributed by atoms with Crippen LogP contribution in [-0.2, 0) is 0 Å². The van der Waals surface area contributed by atoms with Crippen LogP contribution in [0.5, 0.6) is 0 Å². The number of hydrogen-bond donors (Lipinski definition) is 1. The van der Waals surface area contributed by atoms with Crippen LogP contribution >= 0.6 is 0 Å². The predicted octanol–water partition coefficient (Wildman–Crippen LogP) is 2.41. The van der Waals surface area contributed by atoms with E-state index in [4.69, 9.17) is 5.73 Å². The fraction of sp³-hybridized carbons (Fsp3) is 0.647. The van der Waals surface area contributed by atoms with E-state index in [2.05, 4.69) is 61.9 Å². The van der Waals surface area contributed by atoms with Crippen LogP contribution in [-0.4, -0.2) is 48.6 Å². The molecule has 3 heteroatoms. The second-order valence-electron chi connectivity index (χ2n) is 6.25. The first-order valence-corrected chi connectivity index (χ1v) is 7.79. The van der Waals surface area contributed by atoms with E-state index in [0.29, 0.717) is 12.1 Å². The number of aryl methyl sites for hydroxylation is 1. The maximum Gasteiger partial charge on any atom is 0.0500 e. The first kappa shape index (κ1) is 15.5. The lowest BCUT2D eigenvalue weighted by molar-refractivity contribution is 0.0611. The normalized spacial score (nSPS) is 24.6. The fourth-order valence-electron chi connectivity index (χ4n) is 3.04. The van der Waals surface area contributed by atoms with E-state index in [1.807, 2.05) is 0 Å². The average Bonchev–Trinajstić information content (AvgIpc) is 2.45. The Hall–Kier alpha value is -0.900. The van der Waals surface area contributed by atoms with E-state index in [1.165, 1.54) is 11.1 Å². The van der Waals surface area contributed by atoms with Crippen LogP contribution < -0.4 is 5.73 Å². The molecule has 1 aliphatic rings. The van der Waals surface area contributed by atoms with Crippen molar-refractivity contribution >= 4 is 0 Å². The van der Waals surface area contributed by atoms with Gasteiger partial charge < -0.3 is 10.6 Å². The van der Waals surface area contributed by atoms with E-state index in [1.54, 1.807) is 0 Å². The largest absolute Gasteiger partial charge is 0.326 e. The summed E-state index contributed by atoms with van der Waals surface area (Å²) < 4.78 is 0. The number of nitrogens with two attached hydrogens (primary N) is 1. The summed E-state index contributed by atoms with van der Waals surface area (Å²) in [5.74, 6) is 0. The van der Waals surface area contributed by atoms with Gasteiger partial charge in [0.05, 0.1) is 0 Å². The minimum absolute atomic E-state index is 0.202. The zero-order chi connectivity index (χ0) is 14.7. The van der Waals surface area contributed by atoms with E-state index < -0.39 is 0 Å². The van der Waals surface area contributed by atoms with Gasteiger partial charge in [0.25, 0.3) is 0 Å². The van der Waals surface area contributed by atoms with Gasteiger partial charge in [-0.1, -0.05) is 36.8 Å². The third-order valence-electron chi connectivity index (χ3n) is 4.68. The van der Waals surface area contributed by atoms with Gasteiger partial charge in [-0.3, -0.25) is 4.90 Å². The highest BCUT2D eigenvalue weighted by Crippen LogP contribution is 2.27. The van der Waals surface area contributed by atoms with Crippen molar-refractivity contribution in [2.24, 2.45) is 5.73 Å². The quantitative estimate of drug-likeness (QED) is 0.916. The van der Waals surface area contributed by atoms with Gasteiger partial charge in [0.15, 0.2) is 0 Å². The summed E-state index contributed by atoms with van der Waals surface area (Å²) in [6.45, 7) is 9.95. The predicted molar refractivity (Wildman–Crippen MR) is 85.9 cm³/mol. The van der Waals surface area contributed by atoms with E-state index in [9.17, 15) is 0 Å². The van der Waals surface area contributed by atoms with Gasteiger partial charge in [-0.05, 0) is 32.9 Å². The van der Waals surface area contributed by atoms with Crippen LogP contribution in [0.2, 0.25) is 0 Å². The minimum atomic E-state index is 0.202. The van der Waals surface area contributed by atoms with E-state index >= 15 is 0 Å². The van der Waals surface area contributed by atoms with Crippen molar-refractivity contribution in [2.75, 3.05) is 26.7 Å². The second kappa shape index (κ2) is 6.70. The summed E-state index contributed by atoms with van der Waals surface area (Å²) in [6, 6.07) is 10.0. The molecule has 0 radical (unpaired) electrons. The summed E-state index contributed by atoms with van der Waals surface area (Å²) in [4.78, 5) is 5.00. The zero-order valence-corrected chi connectivity index (χ0v) is 13.3. The molecule has 1 aromatic carbocycles. The Balaban J connectivity index is 2.21. The molecule has 0 amide bonds. The topological polar surface area (TPSA) is 32.5 Å². The molecule has 2 rings (SSSR count). The Bertz CT molecular complexity index is 415. The minimum Gasteiger partial charge on any atom is -0.326 e. The monoisotopic (exact) mass is 275 g/mol. The second-order valence-corrected chi connectivity index (χ2v) is 6.25. The molecule has 0 saturated carbocycles. The third kappa shape index (κ3) is 3.40. The molecule has 1 saturated heterocycles. The zero-order valence-electron chi connectivity index (χ0n) is 13.3. The lowest BCUT2D eigenvalue weighted by atomic mass is 9.94. The van der Waals surface area contributed by atoms with Crippen molar-refractivity contribution in [3.63, 3.8) is 0 Å². The number of hydrogen-bond acceptors (Lipinski definition) is 3. The molecule has 3 nitrogen and oxygen atoms in total. The molecule has 112 valence electrons. The first-order chi connectivity index (χ1) is 9.52. The molecular weight excluding hydrogens is 246 g/mol. The molecule has 0 aromatic heterocycles. The highest BCUT2D eigenvalue weighted by atomic mass is 15.3. The summed E-state index contributed by atoms with van der Waals surface area (Å²) in [5, 5.41) is 0. The molecule has 1 heterocycles. The summed E-state index contributed by atoms with van der Waals surface area (Å²) >= 11 is 0. The van der Waals surface area contributed by atoms with Gasteiger partial charge in [-0.15, -0.1) is 0 Å². The highest BCUT2D eigenvalue weighted by Gasteiger charge is 2.30. The number of piperazine rings is 1. The Morgan fingerprint density at radius 3 is 2.45 bits per heavy atom. The van der Waals surface area contributed by atoms with Gasteiger partial charge in [0.1, 0.15) is 0 Å². The Kier molecular flexibility index (Phi) is 5.19. The smallest absolute Gasteiger partial charge is 0.0500 e. The molecule has 3 atom stereocenters. The molecule has 3 unspecified atom stereocenters. The average molecular weight is 275 g/mol. The summed E-state index contributed by atoms with van der Waals surface area (Å²) in [5.41, 5.74) is 9.12. The van der Waals surface area contributed by atoms with Crippen molar-refractivity contribution in [1.29, 1.82) is 0 Å². The van der Waals surface area contributed by atoms with Crippen LogP contribution in [0.25, 0.3) is 0 Å². The SMILES string of the molecule is CCC(N)C(c1ccc(C)cc1)N1CCN(C)C(C)C1. The van der Waals surface area contributed by atoms with Gasteiger partial charge >= 0.3 is 0 Å². The van der Waals surface area contributed by atoms with Crippen molar-refractivity contribution in [3.8, 4) is 0 Å². The van der Waals surface area contributed by atoms with Crippen molar-refractivity contribution < 1.29 is 0 Å². The molecule has 1 aliphatic heterocycles. The van der Waals surface area contributed by atoms with Gasteiger partial charge in [-0.25, -0.2) is 0 Å². The van der Waals surface area contributed by atoms with E-state index in [-0.39, 0.29) is 6.04 Å². The molecule has 2 N–H and O–H groups in total. The van der Waals surface area contributed by atoms with Crippen LogP contribution in [0.4, 0.5) is 0 Å². The van der Waals surface area contributed by atoms with Crippen LogP contribution in [0.1, 0.15) is 37.4 Å². The highest BCUT2D eigenvalue weighted by molar-refractivity contribution is 5.25. The molecule has 0 aliphatic carbocycles. The number of benzene rings is 1. The van der Waals surface area contributed by atoms with E-state index in [0.717, 1.165) is 26.1 Å². The number of likely N-dealkylation sites (N-methyl/N-ethyl adjacent to an activating group) is 1. The summed E-state index contributed by atoms with van der Waals surface area (Å²) in [6.07, 6.45) is 1.01. The van der Waals surface area contributed by atoms with Crippen LogP contribution in [0, 0.1) is 6.92 Å². The van der Waals surface area contributed by atoms with Crippen molar-refractivity contribution in [1.82, 2.24) is 9.80 Å². The summed E-state index contributed by atoms with van der Waals surface area (Å²) in [7, 11) is 2.21. The molecule has 0 spiro atoms. The molecule has 0 bridgehead atoms. The standard InChI is InChI=1S/C17H29N3/c1-5-16(18)17(15-8-6-13(2)7-9-15)20-11-10-19(4)14(3)12-20/h6-9,14,16-17H,5,10-12,18H2,1-4H3. The fourth-order valence-corrected chi connectivity index (χ4v) is 3.04. The Labute approximate surface area is 123 Å². The van der Waals surface area contributed by atoms with Crippen molar-refractivity contribution in [3.05, 3.63) is 35.4 Å². The van der Waals surface area contributed by atoms with Crippen molar-refractivity contribution in [2.45, 2.75) is 45.3 Å². The molecule has 1 aromatic rings. The number of nitrogens with zero attached hydrogens (tertiary/aromatic N) is 2. The maximum absolute atomic E-state index is 6.44. The number of rotatable bonds is 4. The molecular formula is C17H29N3. The first-order valence-electron chi connectivity index (χ1n) is 7.79. The molecule has 20 heavy (non-hydrogen) atoms. The lowest BCUT2D eigenvalue weighted by Gasteiger charge is -2.43. The van der Waals surface area contributed by atoms with Gasteiger partial charge in [0.2, 0.25) is 0 Å². The Morgan fingerprint density at radius 1 is 1.25 bits per heavy atom. The Morgan fingerprint density at radius 2 is 1.90 bits per heavy atom. The third-order valence-corrected chi connectivity index (χ3v) is 4.68. The van der Waals surface area contributed by atoms with Crippen LogP contribution in [0.3, 0.4) is 0 Å². The van der Waals surface area contributed by atoms with Gasteiger partial charge in [0, 0.05) is 37.8 Å². The molecule has 1 fully saturated rings.